The highest BCUT2D eigenvalue weighted by Gasteiger charge is 2.25. The second kappa shape index (κ2) is 7.50. The molecule has 2 amide bonds. The highest BCUT2D eigenvalue weighted by Crippen LogP contribution is 2.29. The summed E-state index contributed by atoms with van der Waals surface area (Å²) in [4.78, 5) is 20.5. The second-order valence-corrected chi connectivity index (χ2v) is 7.00. The van der Waals surface area contributed by atoms with Gasteiger partial charge in [-0.1, -0.05) is 0 Å². The Morgan fingerprint density at radius 1 is 1.14 bits per heavy atom. The first-order valence-electron chi connectivity index (χ1n) is 9.12. The molecule has 0 saturated heterocycles. The van der Waals surface area contributed by atoms with Gasteiger partial charge in [-0.25, -0.2) is 18.6 Å². The summed E-state index contributed by atoms with van der Waals surface area (Å²) in [7, 11) is 3.74. The van der Waals surface area contributed by atoms with E-state index in [1.54, 1.807) is 34.1 Å². The number of pyridine rings is 1. The number of benzene rings is 1. The number of amides is 2. The van der Waals surface area contributed by atoms with Crippen molar-refractivity contribution in [1.29, 1.82) is 0 Å². The number of urea groups is 1. The van der Waals surface area contributed by atoms with E-state index in [4.69, 9.17) is 0 Å². The topological polar surface area (TPSA) is 66.3 Å². The normalized spacial score (nSPS) is 13.2. The summed E-state index contributed by atoms with van der Waals surface area (Å²) in [5.74, 6) is -0.563. The summed E-state index contributed by atoms with van der Waals surface area (Å²) >= 11 is 0. The Labute approximate surface area is 166 Å². The average molecular weight is 398 g/mol. The Morgan fingerprint density at radius 3 is 2.72 bits per heavy atom. The number of nitrogens with one attached hydrogen (secondary N) is 1. The minimum absolute atomic E-state index is 0.264. The number of rotatable bonds is 3. The molecule has 1 aliphatic heterocycles. The molecule has 0 saturated carbocycles. The number of hydrogen-bond donors (Lipinski definition) is 1. The smallest absolute Gasteiger partial charge is 0.322 e. The molecule has 1 aliphatic rings. The van der Waals surface area contributed by atoms with E-state index in [0.29, 0.717) is 30.0 Å². The lowest BCUT2D eigenvalue weighted by atomic mass is 10.0. The molecule has 0 unspecified atom stereocenters. The number of carbonyl (C=O) groups is 1. The molecule has 3 aromatic rings. The fourth-order valence-corrected chi connectivity index (χ4v) is 3.29. The predicted octanol–water partition coefficient (Wildman–Crippen LogP) is 3.34. The van der Waals surface area contributed by atoms with Crippen LogP contribution in [0.15, 0.2) is 42.7 Å². The maximum atomic E-state index is 14.3. The van der Waals surface area contributed by atoms with Gasteiger partial charge in [-0.05, 0) is 18.2 Å². The van der Waals surface area contributed by atoms with Crippen LogP contribution in [0.2, 0.25) is 0 Å². The summed E-state index contributed by atoms with van der Waals surface area (Å²) in [5.41, 5.74) is 2.16. The highest BCUT2D eigenvalue weighted by molar-refractivity contribution is 5.90. The highest BCUT2D eigenvalue weighted by atomic mass is 19.1. The van der Waals surface area contributed by atoms with E-state index < -0.39 is 11.6 Å². The SMILES string of the molecule is CN(C)c1cc(NC(=O)N2CCn3ncc(-c4ccc(F)cc4F)c3C2)ccn1. The molecule has 0 aliphatic carbocycles. The molecule has 9 heteroatoms. The molecule has 29 heavy (non-hydrogen) atoms. The van der Waals surface area contributed by atoms with Crippen LogP contribution < -0.4 is 10.2 Å². The molecule has 0 spiro atoms. The van der Waals surface area contributed by atoms with Crippen LogP contribution in [-0.2, 0) is 13.1 Å². The summed E-state index contributed by atoms with van der Waals surface area (Å²) in [6.07, 6.45) is 3.19. The first-order chi connectivity index (χ1) is 13.9. The Bertz CT molecular complexity index is 1060. The standard InChI is InChI=1S/C20H20F2N6O/c1-26(2)19-10-14(5-6-23-19)25-20(29)27-7-8-28-18(12-27)16(11-24-28)15-4-3-13(21)9-17(15)22/h3-6,9-11H,7-8,12H2,1-2H3,(H,23,25,29). The molecule has 0 fully saturated rings. The quantitative estimate of drug-likeness (QED) is 0.735. The molecule has 1 N–H and O–H groups in total. The van der Waals surface area contributed by atoms with E-state index in [1.807, 2.05) is 19.0 Å². The van der Waals surface area contributed by atoms with Gasteiger partial charge in [0.05, 0.1) is 25.0 Å². The monoisotopic (exact) mass is 398 g/mol. The number of nitrogens with zero attached hydrogens (tertiary/aromatic N) is 5. The van der Waals surface area contributed by atoms with Crippen molar-refractivity contribution < 1.29 is 13.6 Å². The average Bonchev–Trinajstić information content (AvgIpc) is 3.11. The summed E-state index contributed by atoms with van der Waals surface area (Å²) < 4.78 is 29.3. The molecule has 2 aromatic heterocycles. The van der Waals surface area contributed by atoms with E-state index in [9.17, 15) is 13.6 Å². The number of hydrogen-bond acceptors (Lipinski definition) is 4. The molecular weight excluding hydrogens is 378 g/mol. The maximum Gasteiger partial charge on any atom is 0.322 e. The number of carbonyl (C=O) groups excluding carboxylic acids is 1. The van der Waals surface area contributed by atoms with Gasteiger partial charge in [-0.2, -0.15) is 5.10 Å². The molecule has 0 atom stereocenters. The van der Waals surface area contributed by atoms with Crippen LogP contribution in [0.25, 0.3) is 11.1 Å². The van der Waals surface area contributed by atoms with Gasteiger partial charge in [-0.15, -0.1) is 0 Å². The van der Waals surface area contributed by atoms with Crippen LogP contribution in [0.5, 0.6) is 0 Å². The van der Waals surface area contributed by atoms with Crippen molar-refractivity contribution in [2.75, 3.05) is 30.9 Å². The minimum Gasteiger partial charge on any atom is -0.363 e. The molecular formula is C20H20F2N6O. The first-order valence-corrected chi connectivity index (χ1v) is 9.12. The van der Waals surface area contributed by atoms with Gasteiger partial charge in [0.1, 0.15) is 17.5 Å². The van der Waals surface area contributed by atoms with Gasteiger partial charge >= 0.3 is 6.03 Å². The molecule has 0 bridgehead atoms. The third-order valence-corrected chi connectivity index (χ3v) is 4.83. The lowest BCUT2D eigenvalue weighted by molar-refractivity contribution is 0.194. The maximum absolute atomic E-state index is 14.3. The zero-order chi connectivity index (χ0) is 20.5. The van der Waals surface area contributed by atoms with Crippen LogP contribution >= 0.6 is 0 Å². The van der Waals surface area contributed by atoms with E-state index in [2.05, 4.69) is 15.4 Å². The van der Waals surface area contributed by atoms with Crippen LogP contribution in [0.1, 0.15) is 5.69 Å². The molecule has 1 aromatic carbocycles. The number of fused-ring (bicyclic) bond motifs is 1. The number of anilines is 2. The van der Waals surface area contributed by atoms with E-state index in [-0.39, 0.29) is 18.1 Å². The Balaban J connectivity index is 1.55. The Morgan fingerprint density at radius 2 is 1.97 bits per heavy atom. The van der Waals surface area contributed by atoms with Gasteiger partial charge < -0.3 is 15.1 Å². The summed E-state index contributed by atoms with van der Waals surface area (Å²) in [6, 6.07) is 6.68. The number of halogens is 2. The van der Waals surface area contributed by atoms with Gasteiger partial charge in [0.25, 0.3) is 0 Å². The first kappa shape index (κ1) is 18.9. The molecule has 3 heterocycles. The second-order valence-electron chi connectivity index (χ2n) is 7.00. The fraction of sp³-hybridized carbons (Fsp3) is 0.250. The minimum atomic E-state index is -0.657. The summed E-state index contributed by atoms with van der Waals surface area (Å²) in [6.45, 7) is 1.23. The lowest BCUT2D eigenvalue weighted by Gasteiger charge is -2.28. The van der Waals surface area contributed by atoms with E-state index in [0.717, 1.165) is 11.9 Å². The third-order valence-electron chi connectivity index (χ3n) is 4.83. The van der Waals surface area contributed by atoms with Gasteiger partial charge in [0.2, 0.25) is 0 Å². The van der Waals surface area contributed by atoms with Gasteiger partial charge in [-0.3, -0.25) is 4.68 Å². The van der Waals surface area contributed by atoms with Gasteiger partial charge in [0, 0.05) is 55.8 Å². The van der Waals surface area contributed by atoms with Crippen LogP contribution in [0, 0.1) is 11.6 Å². The largest absolute Gasteiger partial charge is 0.363 e. The molecule has 150 valence electrons. The van der Waals surface area contributed by atoms with Crippen molar-refractivity contribution >= 4 is 17.5 Å². The summed E-state index contributed by atoms with van der Waals surface area (Å²) in [5, 5.41) is 7.16. The fourth-order valence-electron chi connectivity index (χ4n) is 3.29. The lowest BCUT2D eigenvalue weighted by Crippen LogP contribution is -2.41. The Kier molecular flexibility index (Phi) is 4.87. The number of aromatic nitrogens is 3. The predicted molar refractivity (Wildman–Crippen MR) is 106 cm³/mol. The zero-order valence-corrected chi connectivity index (χ0v) is 16.1. The van der Waals surface area contributed by atoms with Gasteiger partial charge in [0.15, 0.2) is 0 Å². The molecule has 4 rings (SSSR count). The van der Waals surface area contributed by atoms with Crippen molar-refractivity contribution in [3.05, 3.63) is 60.1 Å². The van der Waals surface area contributed by atoms with Crippen LogP contribution in [-0.4, -0.2) is 46.3 Å². The van der Waals surface area contributed by atoms with Crippen LogP contribution in [0.4, 0.5) is 25.1 Å². The molecule has 0 radical (unpaired) electrons. The third kappa shape index (κ3) is 3.75. The van der Waals surface area contributed by atoms with Crippen molar-refractivity contribution in [3.8, 4) is 11.1 Å². The van der Waals surface area contributed by atoms with E-state index >= 15 is 0 Å². The van der Waals surface area contributed by atoms with Crippen molar-refractivity contribution in [3.63, 3.8) is 0 Å². The zero-order valence-electron chi connectivity index (χ0n) is 16.1. The van der Waals surface area contributed by atoms with E-state index in [1.165, 1.54) is 12.1 Å². The van der Waals surface area contributed by atoms with Crippen molar-refractivity contribution in [2.24, 2.45) is 0 Å². The van der Waals surface area contributed by atoms with Crippen molar-refractivity contribution in [1.82, 2.24) is 19.7 Å². The Hall–Kier alpha value is -3.49. The molecule has 7 nitrogen and oxygen atoms in total. The van der Waals surface area contributed by atoms with Crippen molar-refractivity contribution in [2.45, 2.75) is 13.1 Å². The van der Waals surface area contributed by atoms with Crippen LogP contribution in [0.3, 0.4) is 0 Å².